The van der Waals surface area contributed by atoms with E-state index in [1.54, 1.807) is 24.3 Å². The summed E-state index contributed by atoms with van der Waals surface area (Å²) >= 11 is 6.20. The van der Waals surface area contributed by atoms with E-state index in [2.05, 4.69) is 10.4 Å². The maximum Gasteiger partial charge on any atom is 0.269 e. The number of aryl methyl sites for hydroxylation is 1. The van der Waals surface area contributed by atoms with Crippen LogP contribution in [0.25, 0.3) is 16.9 Å². The van der Waals surface area contributed by atoms with Gasteiger partial charge in [0, 0.05) is 29.3 Å². The Kier molecular flexibility index (Phi) is 6.81. The lowest BCUT2D eigenvalue weighted by molar-refractivity contribution is 0.0992. The fourth-order valence-electron chi connectivity index (χ4n) is 4.64. The maximum atomic E-state index is 13.1. The van der Waals surface area contributed by atoms with Gasteiger partial charge in [0.05, 0.1) is 31.8 Å². The Morgan fingerprint density at radius 2 is 1.55 bits per heavy atom. The van der Waals surface area contributed by atoms with Crippen LogP contribution in [0.1, 0.15) is 32.0 Å². The minimum absolute atomic E-state index is 0.00461. The second-order valence-electron chi connectivity index (χ2n) is 9.46. The number of anilines is 1. The molecule has 3 N–H and O–H groups in total. The zero-order valence-corrected chi connectivity index (χ0v) is 23.7. The highest BCUT2D eigenvalue weighted by Gasteiger charge is 2.29. The van der Waals surface area contributed by atoms with E-state index in [1.165, 1.54) is 35.0 Å². The van der Waals surface area contributed by atoms with Crippen molar-refractivity contribution in [2.24, 2.45) is 5.73 Å². The van der Waals surface area contributed by atoms with Gasteiger partial charge in [0.15, 0.2) is 25.4 Å². The van der Waals surface area contributed by atoms with Crippen molar-refractivity contribution in [1.82, 2.24) is 9.78 Å². The summed E-state index contributed by atoms with van der Waals surface area (Å²) in [5, 5.41) is 7.32. The van der Waals surface area contributed by atoms with Crippen LogP contribution < -0.4 is 11.1 Å². The number of rotatable bonds is 6. The number of aromatic nitrogens is 2. The Balaban J connectivity index is 1.58. The number of nitrogens with one attached hydrogen (secondary N) is 1. The van der Waals surface area contributed by atoms with Gasteiger partial charge in [0.25, 0.3) is 11.8 Å². The Hall–Kier alpha value is -4.00. The Morgan fingerprint density at radius 1 is 0.900 bits per heavy atom. The van der Waals surface area contributed by atoms with E-state index < -0.39 is 31.5 Å². The quantitative estimate of drug-likeness (QED) is 0.344. The van der Waals surface area contributed by atoms with Crippen LogP contribution in [0.3, 0.4) is 0 Å². The lowest BCUT2D eigenvalue weighted by Gasteiger charge is -2.20. The largest absolute Gasteiger partial charge is 0.364 e. The number of amides is 2. The van der Waals surface area contributed by atoms with Gasteiger partial charge in [-0.2, -0.15) is 5.10 Å². The van der Waals surface area contributed by atoms with E-state index in [9.17, 15) is 26.4 Å². The van der Waals surface area contributed by atoms with Crippen LogP contribution in [0.4, 0.5) is 5.69 Å². The Morgan fingerprint density at radius 3 is 2.17 bits per heavy atom. The summed E-state index contributed by atoms with van der Waals surface area (Å²) < 4.78 is 49.4. The van der Waals surface area contributed by atoms with Gasteiger partial charge in [-0.15, -0.1) is 0 Å². The lowest BCUT2D eigenvalue weighted by Crippen LogP contribution is -2.16. The molecule has 1 aliphatic carbocycles. The third-order valence-electron chi connectivity index (χ3n) is 6.60. The van der Waals surface area contributed by atoms with Crippen molar-refractivity contribution in [3.05, 3.63) is 88.1 Å². The molecule has 0 saturated carbocycles. The highest BCUT2D eigenvalue weighted by Crippen LogP contribution is 2.38. The maximum absolute atomic E-state index is 13.1. The third kappa shape index (κ3) is 5.12. The van der Waals surface area contributed by atoms with Crippen LogP contribution >= 0.6 is 11.6 Å². The first-order chi connectivity index (χ1) is 18.7. The molecule has 0 fully saturated rings. The normalized spacial score (nSPS) is 12.9. The number of benzene rings is 3. The average molecular weight is 599 g/mol. The monoisotopic (exact) mass is 598 g/mol. The highest BCUT2D eigenvalue weighted by molar-refractivity contribution is 7.91. The number of hydrogen-bond donors (Lipinski definition) is 2. The van der Waals surface area contributed by atoms with E-state index in [4.69, 9.17) is 17.3 Å². The van der Waals surface area contributed by atoms with Crippen LogP contribution in [0.15, 0.2) is 70.5 Å². The minimum atomic E-state index is -3.56. The van der Waals surface area contributed by atoms with Gasteiger partial charge in [-0.05, 0) is 73.0 Å². The molecule has 3 aromatic carbocycles. The Labute approximate surface area is 235 Å². The molecule has 1 aliphatic rings. The first-order valence-electron chi connectivity index (χ1n) is 11.9. The van der Waals surface area contributed by atoms with Crippen LogP contribution in [0.2, 0.25) is 5.02 Å². The second kappa shape index (κ2) is 9.88. The first kappa shape index (κ1) is 27.6. The fourth-order valence-corrected chi connectivity index (χ4v) is 6.12. The number of primary amides is 1. The number of nitrogens with zero attached hydrogens (tertiary/aromatic N) is 2. The molecule has 10 nitrogen and oxygen atoms in total. The lowest BCUT2D eigenvalue weighted by atomic mass is 9.88. The van der Waals surface area contributed by atoms with Gasteiger partial charge in [-0.3, -0.25) is 9.59 Å². The molecule has 0 atom stereocenters. The molecule has 0 spiro atoms. The standard InChI is InChI=1S/C27H23ClN4O6S2/c1-39(35,36)18-8-6-17(7-9-18)32-25-20(24(31-32)26(29)33)11-4-15-3-5-16(13-21(15)25)30-27(34)22-14-19(40(2,37)38)10-12-23(22)28/h3,5-10,12-14H,4,11H2,1-2H3,(H2,29,33)(H,30,34). The van der Waals surface area contributed by atoms with Gasteiger partial charge < -0.3 is 11.1 Å². The first-order valence-corrected chi connectivity index (χ1v) is 16.1. The molecule has 2 amide bonds. The summed E-state index contributed by atoms with van der Waals surface area (Å²) in [5.41, 5.74) is 9.52. The summed E-state index contributed by atoms with van der Waals surface area (Å²) in [4.78, 5) is 25.5. The van der Waals surface area contributed by atoms with Crippen molar-refractivity contribution >= 4 is 48.8 Å². The Bertz CT molecular complexity index is 1930. The summed E-state index contributed by atoms with van der Waals surface area (Å²) in [5.74, 6) is -1.30. The van der Waals surface area contributed by atoms with Gasteiger partial charge in [-0.1, -0.05) is 17.7 Å². The molecule has 206 valence electrons. The molecule has 13 heteroatoms. The molecule has 5 rings (SSSR count). The molecular weight excluding hydrogens is 576 g/mol. The zero-order chi connectivity index (χ0) is 29.0. The highest BCUT2D eigenvalue weighted by atomic mass is 35.5. The summed E-state index contributed by atoms with van der Waals surface area (Å²) in [6.07, 6.45) is 3.25. The van der Waals surface area contributed by atoms with Crippen LogP contribution in [0, 0.1) is 0 Å². The zero-order valence-electron chi connectivity index (χ0n) is 21.3. The van der Waals surface area contributed by atoms with Gasteiger partial charge in [-0.25, -0.2) is 21.5 Å². The molecule has 0 radical (unpaired) electrons. The van der Waals surface area contributed by atoms with Crippen molar-refractivity contribution in [2.75, 3.05) is 17.8 Å². The summed E-state index contributed by atoms with van der Waals surface area (Å²) in [6, 6.07) is 15.3. The minimum Gasteiger partial charge on any atom is -0.364 e. The van der Waals surface area contributed by atoms with Crippen molar-refractivity contribution in [1.29, 1.82) is 0 Å². The molecule has 40 heavy (non-hydrogen) atoms. The molecular formula is C27H23ClN4O6S2. The molecule has 0 unspecified atom stereocenters. The number of hydrogen-bond acceptors (Lipinski definition) is 7. The van der Waals surface area contributed by atoms with E-state index in [0.717, 1.165) is 18.1 Å². The molecule has 1 heterocycles. The molecule has 4 aromatic rings. The molecule has 1 aromatic heterocycles. The van der Waals surface area contributed by atoms with Gasteiger partial charge in [0.2, 0.25) is 0 Å². The van der Waals surface area contributed by atoms with Crippen molar-refractivity contribution in [2.45, 2.75) is 22.6 Å². The number of carbonyl (C=O) groups is 2. The summed E-state index contributed by atoms with van der Waals surface area (Å²) in [6.45, 7) is 0. The van der Waals surface area contributed by atoms with E-state index in [0.29, 0.717) is 41.0 Å². The van der Waals surface area contributed by atoms with E-state index in [-0.39, 0.29) is 26.1 Å². The average Bonchev–Trinajstić information content (AvgIpc) is 3.28. The number of halogens is 1. The predicted molar refractivity (Wildman–Crippen MR) is 151 cm³/mol. The second-order valence-corrected chi connectivity index (χ2v) is 13.9. The van der Waals surface area contributed by atoms with Crippen LogP contribution in [-0.2, 0) is 32.5 Å². The topological polar surface area (TPSA) is 158 Å². The van der Waals surface area contributed by atoms with Crippen molar-refractivity contribution in [3.8, 4) is 16.9 Å². The number of sulfone groups is 2. The smallest absolute Gasteiger partial charge is 0.269 e. The fraction of sp³-hybridized carbons (Fsp3) is 0.148. The number of carbonyl (C=O) groups excluding carboxylic acids is 2. The number of nitrogens with two attached hydrogens (primary N) is 1. The van der Waals surface area contributed by atoms with E-state index in [1.807, 2.05) is 6.07 Å². The molecule has 0 saturated heterocycles. The van der Waals surface area contributed by atoms with Crippen LogP contribution in [-0.4, -0.2) is 50.9 Å². The van der Waals surface area contributed by atoms with Gasteiger partial charge in [0.1, 0.15) is 0 Å². The number of fused-ring (bicyclic) bond motifs is 3. The predicted octanol–water partition coefficient (Wildman–Crippen LogP) is 3.45. The van der Waals surface area contributed by atoms with E-state index >= 15 is 0 Å². The van der Waals surface area contributed by atoms with Gasteiger partial charge >= 0.3 is 0 Å². The molecule has 0 aliphatic heterocycles. The molecule has 0 bridgehead atoms. The SMILES string of the molecule is CS(=O)(=O)c1ccc(-n2nc(C(N)=O)c3c2-c2cc(NC(=O)c4cc(S(C)(=O)=O)ccc4Cl)ccc2CC3)cc1. The summed E-state index contributed by atoms with van der Waals surface area (Å²) in [7, 11) is -6.98. The van der Waals surface area contributed by atoms with Crippen molar-refractivity contribution < 1.29 is 26.4 Å². The van der Waals surface area contributed by atoms with Crippen LogP contribution in [0.5, 0.6) is 0 Å². The third-order valence-corrected chi connectivity index (χ3v) is 9.17. The van der Waals surface area contributed by atoms with Crippen molar-refractivity contribution in [3.63, 3.8) is 0 Å².